The van der Waals surface area contributed by atoms with Crippen molar-refractivity contribution < 1.29 is 4.39 Å². The van der Waals surface area contributed by atoms with Gasteiger partial charge in [0.15, 0.2) is 0 Å². The smallest absolute Gasteiger partial charge is 0.123 e. The molecule has 1 aliphatic heterocycles. The van der Waals surface area contributed by atoms with Crippen LogP contribution in [0.4, 0.5) is 21.5 Å². The zero-order chi connectivity index (χ0) is 21.0. The van der Waals surface area contributed by atoms with Crippen LogP contribution in [-0.4, -0.2) is 10.7 Å². The van der Waals surface area contributed by atoms with Crippen LogP contribution in [0.5, 0.6) is 0 Å². The van der Waals surface area contributed by atoms with Crippen molar-refractivity contribution in [3.8, 4) is 0 Å². The SMILES string of the molecule is Fc1ccc(C2CC(c3cccc(Nc4ccncc4)c3)=NN2c2ccccc2)cc1. The Morgan fingerprint density at radius 1 is 0.806 bits per heavy atom. The van der Waals surface area contributed by atoms with Gasteiger partial charge in [-0.1, -0.05) is 42.5 Å². The van der Waals surface area contributed by atoms with Gasteiger partial charge in [-0.05, 0) is 59.7 Å². The molecule has 1 N–H and O–H groups in total. The molecule has 0 aliphatic carbocycles. The summed E-state index contributed by atoms with van der Waals surface area (Å²) in [5.74, 6) is -0.232. The van der Waals surface area contributed by atoms with E-state index in [4.69, 9.17) is 5.10 Å². The molecular weight excluding hydrogens is 387 g/mol. The summed E-state index contributed by atoms with van der Waals surface area (Å²) in [5, 5.41) is 10.4. The summed E-state index contributed by atoms with van der Waals surface area (Å²) in [6.07, 6.45) is 4.26. The number of halogens is 1. The van der Waals surface area contributed by atoms with Gasteiger partial charge in [0.05, 0.1) is 17.4 Å². The number of aromatic nitrogens is 1. The highest BCUT2D eigenvalue weighted by Crippen LogP contribution is 2.37. The number of para-hydroxylation sites is 1. The summed E-state index contributed by atoms with van der Waals surface area (Å²) in [6, 6.07) is 28.9. The zero-order valence-corrected chi connectivity index (χ0v) is 16.8. The van der Waals surface area contributed by atoms with Gasteiger partial charge in [0.2, 0.25) is 0 Å². The van der Waals surface area contributed by atoms with Crippen LogP contribution < -0.4 is 10.3 Å². The third-order valence-corrected chi connectivity index (χ3v) is 5.35. The highest BCUT2D eigenvalue weighted by molar-refractivity contribution is 6.04. The first kappa shape index (κ1) is 19.0. The molecule has 0 amide bonds. The van der Waals surface area contributed by atoms with Gasteiger partial charge in [-0.2, -0.15) is 5.10 Å². The van der Waals surface area contributed by atoms with Gasteiger partial charge in [-0.15, -0.1) is 0 Å². The third-order valence-electron chi connectivity index (χ3n) is 5.35. The van der Waals surface area contributed by atoms with Crippen molar-refractivity contribution in [2.45, 2.75) is 12.5 Å². The monoisotopic (exact) mass is 408 g/mol. The Labute approximate surface area is 180 Å². The lowest BCUT2D eigenvalue weighted by Gasteiger charge is -2.23. The number of anilines is 3. The van der Waals surface area contributed by atoms with Crippen molar-refractivity contribution in [3.05, 3.63) is 120 Å². The number of hydrogen-bond donors (Lipinski definition) is 1. The summed E-state index contributed by atoms with van der Waals surface area (Å²) in [7, 11) is 0. The fourth-order valence-electron chi connectivity index (χ4n) is 3.83. The van der Waals surface area contributed by atoms with Crippen LogP contribution in [0.2, 0.25) is 0 Å². The van der Waals surface area contributed by atoms with Crippen molar-refractivity contribution in [1.82, 2.24) is 4.98 Å². The zero-order valence-electron chi connectivity index (χ0n) is 16.8. The van der Waals surface area contributed by atoms with Crippen LogP contribution in [0, 0.1) is 5.82 Å². The molecule has 0 saturated carbocycles. The van der Waals surface area contributed by atoms with E-state index >= 15 is 0 Å². The molecule has 1 unspecified atom stereocenters. The van der Waals surface area contributed by atoms with Gasteiger partial charge >= 0.3 is 0 Å². The van der Waals surface area contributed by atoms with Crippen molar-refractivity contribution >= 4 is 22.8 Å². The topological polar surface area (TPSA) is 40.5 Å². The predicted molar refractivity (Wildman–Crippen MR) is 123 cm³/mol. The number of hydrazone groups is 1. The minimum Gasteiger partial charge on any atom is -0.355 e. The van der Waals surface area contributed by atoms with Crippen LogP contribution in [0.3, 0.4) is 0 Å². The molecule has 4 nitrogen and oxygen atoms in total. The number of hydrogen-bond acceptors (Lipinski definition) is 4. The lowest BCUT2D eigenvalue weighted by Crippen LogP contribution is -2.18. The fraction of sp³-hybridized carbons (Fsp3) is 0.0769. The molecule has 1 aliphatic rings. The number of rotatable bonds is 5. The molecule has 5 rings (SSSR count). The molecule has 0 bridgehead atoms. The van der Waals surface area contributed by atoms with Crippen molar-refractivity contribution in [1.29, 1.82) is 0 Å². The number of nitrogens with zero attached hydrogens (tertiary/aromatic N) is 3. The van der Waals surface area contributed by atoms with Gasteiger partial charge in [-0.3, -0.25) is 9.99 Å². The Bertz CT molecular complexity index is 1190. The molecule has 0 fully saturated rings. The lowest BCUT2D eigenvalue weighted by atomic mass is 9.98. The molecule has 0 saturated heterocycles. The van der Waals surface area contributed by atoms with E-state index in [0.29, 0.717) is 0 Å². The normalized spacial score (nSPS) is 15.6. The van der Waals surface area contributed by atoms with E-state index in [1.165, 1.54) is 12.1 Å². The van der Waals surface area contributed by atoms with Gasteiger partial charge < -0.3 is 5.32 Å². The van der Waals surface area contributed by atoms with Crippen LogP contribution >= 0.6 is 0 Å². The molecular formula is C26H21FN4. The highest BCUT2D eigenvalue weighted by Gasteiger charge is 2.30. The van der Waals surface area contributed by atoms with Gasteiger partial charge in [0, 0.05) is 30.2 Å². The fourth-order valence-corrected chi connectivity index (χ4v) is 3.83. The lowest BCUT2D eigenvalue weighted by molar-refractivity contribution is 0.624. The molecule has 1 aromatic heterocycles. The van der Waals surface area contributed by atoms with E-state index in [2.05, 4.69) is 22.4 Å². The predicted octanol–water partition coefficient (Wildman–Crippen LogP) is 6.32. The summed E-state index contributed by atoms with van der Waals surface area (Å²) < 4.78 is 13.5. The van der Waals surface area contributed by atoms with Crippen molar-refractivity contribution in [3.63, 3.8) is 0 Å². The molecule has 2 heterocycles. The maximum atomic E-state index is 13.5. The van der Waals surface area contributed by atoms with E-state index in [1.807, 2.05) is 71.7 Å². The maximum Gasteiger partial charge on any atom is 0.123 e. The molecule has 1 atom stereocenters. The average Bonchev–Trinajstić information content (AvgIpc) is 3.27. The molecule has 0 spiro atoms. The summed E-state index contributed by atoms with van der Waals surface area (Å²) in [4.78, 5) is 4.06. The molecule has 0 radical (unpaired) electrons. The molecule has 3 aromatic carbocycles. The van der Waals surface area contributed by atoms with E-state index in [-0.39, 0.29) is 11.9 Å². The second-order valence-electron chi connectivity index (χ2n) is 7.44. The van der Waals surface area contributed by atoms with Gasteiger partial charge in [-0.25, -0.2) is 4.39 Å². The van der Waals surface area contributed by atoms with Gasteiger partial charge in [0.1, 0.15) is 5.82 Å². The number of pyridine rings is 1. The standard InChI is InChI=1S/C26H21FN4/c27-21-11-9-19(10-12-21)26-18-25(30-31(26)24-7-2-1-3-8-24)20-5-4-6-23(17-20)29-22-13-15-28-16-14-22/h1-17,26H,18H2,(H,28,29). The maximum absolute atomic E-state index is 13.5. The Balaban J connectivity index is 1.47. The first-order valence-corrected chi connectivity index (χ1v) is 10.2. The van der Waals surface area contributed by atoms with E-state index < -0.39 is 0 Å². The summed E-state index contributed by atoms with van der Waals surface area (Å²) in [5.41, 5.74) is 6.08. The van der Waals surface area contributed by atoms with Crippen molar-refractivity contribution in [2.75, 3.05) is 10.3 Å². The second kappa shape index (κ2) is 8.40. The van der Waals surface area contributed by atoms with E-state index in [1.54, 1.807) is 12.4 Å². The van der Waals surface area contributed by atoms with Crippen molar-refractivity contribution in [2.24, 2.45) is 5.10 Å². The first-order valence-electron chi connectivity index (χ1n) is 10.2. The van der Waals surface area contributed by atoms with Gasteiger partial charge in [0.25, 0.3) is 0 Å². The third kappa shape index (κ3) is 4.16. The Hall–Kier alpha value is -3.99. The van der Waals surface area contributed by atoms with Crippen LogP contribution in [0.15, 0.2) is 108 Å². The quantitative estimate of drug-likeness (QED) is 0.420. The minimum absolute atomic E-state index is 0.00909. The minimum atomic E-state index is -0.232. The molecule has 152 valence electrons. The molecule has 5 heteroatoms. The van der Waals surface area contributed by atoms with Crippen LogP contribution in [-0.2, 0) is 0 Å². The highest BCUT2D eigenvalue weighted by atomic mass is 19.1. The summed E-state index contributed by atoms with van der Waals surface area (Å²) >= 11 is 0. The molecule has 4 aromatic rings. The van der Waals surface area contributed by atoms with E-state index in [9.17, 15) is 4.39 Å². The van der Waals surface area contributed by atoms with E-state index in [0.717, 1.165) is 40.3 Å². The Kier molecular flexibility index (Phi) is 5.15. The van der Waals surface area contributed by atoms with Crippen LogP contribution in [0.1, 0.15) is 23.6 Å². The number of benzene rings is 3. The average molecular weight is 408 g/mol. The first-order chi connectivity index (χ1) is 15.3. The Morgan fingerprint density at radius 2 is 1.58 bits per heavy atom. The molecule has 31 heavy (non-hydrogen) atoms. The Morgan fingerprint density at radius 3 is 2.35 bits per heavy atom. The summed E-state index contributed by atoms with van der Waals surface area (Å²) in [6.45, 7) is 0. The largest absolute Gasteiger partial charge is 0.355 e. The van der Waals surface area contributed by atoms with Crippen LogP contribution in [0.25, 0.3) is 0 Å². The second-order valence-corrected chi connectivity index (χ2v) is 7.44. The number of nitrogens with one attached hydrogen (secondary N) is 1.